The van der Waals surface area contributed by atoms with Crippen LogP contribution in [0.4, 0.5) is 5.82 Å². The number of fused-ring (bicyclic) bond motifs is 1. The lowest BCUT2D eigenvalue weighted by Gasteiger charge is -2.29. The van der Waals surface area contributed by atoms with Gasteiger partial charge in [-0.15, -0.1) is 0 Å². The fourth-order valence-corrected chi connectivity index (χ4v) is 3.28. The van der Waals surface area contributed by atoms with Gasteiger partial charge in [0.25, 0.3) is 0 Å². The number of likely N-dealkylation sites (tertiary alicyclic amines) is 1. The van der Waals surface area contributed by atoms with E-state index in [4.69, 9.17) is 4.98 Å². The van der Waals surface area contributed by atoms with Crippen molar-refractivity contribution in [3.05, 3.63) is 23.5 Å². The Morgan fingerprint density at radius 2 is 2.21 bits per heavy atom. The fraction of sp³-hybridized carbons (Fsp3) is 0.667. The van der Waals surface area contributed by atoms with Crippen LogP contribution in [0.15, 0.2) is 12.1 Å². The van der Waals surface area contributed by atoms with Crippen molar-refractivity contribution >= 4 is 11.5 Å². The van der Waals surface area contributed by atoms with Crippen molar-refractivity contribution in [1.82, 2.24) is 19.5 Å². The number of aliphatic hydroxyl groups excluding tert-OH is 1. The second-order valence-corrected chi connectivity index (χ2v) is 7.15. The predicted molar refractivity (Wildman–Crippen MR) is 96.6 cm³/mol. The molecule has 1 saturated heterocycles. The van der Waals surface area contributed by atoms with Gasteiger partial charge in [0.1, 0.15) is 5.82 Å². The van der Waals surface area contributed by atoms with E-state index in [1.807, 2.05) is 17.5 Å². The van der Waals surface area contributed by atoms with Crippen molar-refractivity contribution in [2.24, 2.45) is 0 Å². The molecule has 0 spiro atoms. The number of aromatic nitrogens is 3. The van der Waals surface area contributed by atoms with Crippen LogP contribution in [0.5, 0.6) is 0 Å². The van der Waals surface area contributed by atoms with Gasteiger partial charge in [0, 0.05) is 30.9 Å². The molecule has 1 fully saturated rings. The highest BCUT2D eigenvalue weighted by Gasteiger charge is 2.17. The summed E-state index contributed by atoms with van der Waals surface area (Å²) in [6, 6.07) is 4.13. The molecule has 2 aromatic heterocycles. The molecular weight excluding hydrogens is 302 g/mol. The van der Waals surface area contributed by atoms with Crippen molar-refractivity contribution in [2.75, 3.05) is 31.5 Å². The van der Waals surface area contributed by atoms with Crippen LogP contribution in [-0.2, 0) is 0 Å². The first-order valence-electron chi connectivity index (χ1n) is 9.04. The lowest BCUT2D eigenvalue weighted by Crippen LogP contribution is -2.39. The molecule has 1 aliphatic heterocycles. The Morgan fingerprint density at radius 3 is 2.96 bits per heavy atom. The van der Waals surface area contributed by atoms with Gasteiger partial charge in [-0.1, -0.05) is 13.8 Å². The van der Waals surface area contributed by atoms with E-state index in [9.17, 15) is 5.11 Å². The molecule has 6 heteroatoms. The molecule has 1 atom stereocenters. The van der Waals surface area contributed by atoms with Crippen molar-refractivity contribution in [3.63, 3.8) is 0 Å². The van der Waals surface area contributed by atoms with E-state index < -0.39 is 0 Å². The van der Waals surface area contributed by atoms with Crippen LogP contribution >= 0.6 is 0 Å². The first-order valence-corrected chi connectivity index (χ1v) is 9.04. The highest BCUT2D eigenvalue weighted by molar-refractivity contribution is 5.50. The summed E-state index contributed by atoms with van der Waals surface area (Å²) in [7, 11) is 0. The summed E-state index contributed by atoms with van der Waals surface area (Å²) in [5.74, 6) is 1.40. The van der Waals surface area contributed by atoms with Gasteiger partial charge in [-0.05, 0) is 45.2 Å². The minimum atomic E-state index is -0.146. The molecule has 1 aliphatic rings. The van der Waals surface area contributed by atoms with Gasteiger partial charge in [0.15, 0.2) is 5.65 Å². The Bertz CT molecular complexity index is 681. The summed E-state index contributed by atoms with van der Waals surface area (Å²) in [5, 5.41) is 17.8. The summed E-state index contributed by atoms with van der Waals surface area (Å²) >= 11 is 0. The van der Waals surface area contributed by atoms with Crippen molar-refractivity contribution in [1.29, 1.82) is 0 Å². The third-order valence-electron chi connectivity index (χ3n) is 4.60. The van der Waals surface area contributed by atoms with E-state index in [0.29, 0.717) is 5.92 Å². The van der Waals surface area contributed by atoms with Gasteiger partial charge in [-0.25, -0.2) is 4.98 Å². The second kappa shape index (κ2) is 7.49. The predicted octanol–water partition coefficient (Wildman–Crippen LogP) is 2.42. The third-order valence-corrected chi connectivity index (χ3v) is 4.60. The molecule has 0 bridgehead atoms. The smallest absolute Gasteiger partial charge is 0.157 e. The monoisotopic (exact) mass is 331 g/mol. The van der Waals surface area contributed by atoms with E-state index in [0.717, 1.165) is 68.3 Å². The molecule has 0 unspecified atom stereocenters. The van der Waals surface area contributed by atoms with Crippen LogP contribution in [0.3, 0.4) is 0 Å². The average molecular weight is 331 g/mol. The molecule has 0 aliphatic carbocycles. The molecule has 2 N–H and O–H groups in total. The molecule has 3 heterocycles. The molecular formula is C18H29N5O. The van der Waals surface area contributed by atoms with Crippen molar-refractivity contribution < 1.29 is 5.11 Å². The van der Waals surface area contributed by atoms with Crippen LogP contribution in [0, 0.1) is 6.92 Å². The number of rotatable bonds is 6. The van der Waals surface area contributed by atoms with Crippen LogP contribution in [-0.4, -0.2) is 56.9 Å². The average Bonchev–Trinajstić information content (AvgIpc) is 2.91. The molecule has 2 aromatic rings. The first kappa shape index (κ1) is 17.2. The maximum atomic E-state index is 9.74. The SMILES string of the molecule is Cc1cc2nc(C(C)C)cc(NCCCN3CCC[C@@H](O)C3)n2n1. The normalized spacial score (nSPS) is 19.3. The summed E-state index contributed by atoms with van der Waals surface area (Å²) < 4.78 is 1.89. The highest BCUT2D eigenvalue weighted by atomic mass is 16.3. The Balaban J connectivity index is 1.61. The number of nitrogens with zero attached hydrogens (tertiary/aromatic N) is 4. The summed E-state index contributed by atoms with van der Waals surface area (Å²) in [5.41, 5.74) is 2.97. The van der Waals surface area contributed by atoms with Gasteiger partial charge in [0.05, 0.1) is 11.8 Å². The zero-order valence-electron chi connectivity index (χ0n) is 15.0. The minimum absolute atomic E-state index is 0.146. The van der Waals surface area contributed by atoms with Crippen LogP contribution in [0.1, 0.15) is 50.4 Å². The van der Waals surface area contributed by atoms with E-state index >= 15 is 0 Å². The lowest BCUT2D eigenvalue weighted by atomic mass is 10.1. The molecule has 132 valence electrons. The Hall–Kier alpha value is -1.66. The number of nitrogens with one attached hydrogen (secondary N) is 1. The topological polar surface area (TPSA) is 65.7 Å². The standard InChI is InChI=1S/C18H29N5O/c1-13(2)16-11-17(23-18(20-16)10-14(3)21-23)19-7-5-9-22-8-4-6-15(24)12-22/h10-11,13,15,19,24H,4-9,12H2,1-3H3/t15-/m1/s1. The highest BCUT2D eigenvalue weighted by Crippen LogP contribution is 2.19. The molecule has 0 amide bonds. The maximum Gasteiger partial charge on any atom is 0.157 e. The van der Waals surface area contributed by atoms with E-state index in [1.54, 1.807) is 0 Å². The largest absolute Gasteiger partial charge is 0.392 e. The molecule has 3 rings (SSSR count). The number of aryl methyl sites for hydroxylation is 1. The van der Waals surface area contributed by atoms with E-state index in [1.165, 1.54) is 0 Å². The van der Waals surface area contributed by atoms with Gasteiger partial charge in [-0.3, -0.25) is 0 Å². The Kier molecular flexibility index (Phi) is 5.36. The van der Waals surface area contributed by atoms with E-state index in [-0.39, 0.29) is 6.10 Å². The van der Waals surface area contributed by atoms with Crippen molar-refractivity contribution in [3.8, 4) is 0 Å². The summed E-state index contributed by atoms with van der Waals surface area (Å²) in [4.78, 5) is 7.05. The molecule has 0 saturated carbocycles. The third kappa shape index (κ3) is 4.05. The zero-order chi connectivity index (χ0) is 17.1. The molecule has 0 radical (unpaired) electrons. The van der Waals surface area contributed by atoms with Gasteiger partial charge >= 0.3 is 0 Å². The van der Waals surface area contributed by atoms with Crippen LogP contribution in [0.2, 0.25) is 0 Å². The quantitative estimate of drug-likeness (QED) is 0.796. The maximum absolute atomic E-state index is 9.74. The number of hydrogen-bond acceptors (Lipinski definition) is 5. The lowest BCUT2D eigenvalue weighted by molar-refractivity contribution is 0.0706. The summed E-state index contributed by atoms with van der Waals surface area (Å²) in [6.45, 7) is 10.1. The van der Waals surface area contributed by atoms with Gasteiger partial charge in [-0.2, -0.15) is 9.61 Å². The van der Waals surface area contributed by atoms with E-state index in [2.05, 4.69) is 35.2 Å². The molecule has 6 nitrogen and oxygen atoms in total. The Labute approximate surface area is 143 Å². The van der Waals surface area contributed by atoms with Gasteiger partial charge in [0.2, 0.25) is 0 Å². The number of anilines is 1. The Morgan fingerprint density at radius 1 is 1.38 bits per heavy atom. The fourth-order valence-electron chi connectivity index (χ4n) is 3.28. The number of aliphatic hydroxyl groups is 1. The minimum Gasteiger partial charge on any atom is -0.392 e. The van der Waals surface area contributed by atoms with Crippen LogP contribution in [0.25, 0.3) is 5.65 Å². The first-order chi connectivity index (χ1) is 11.5. The number of β-amino-alcohol motifs (C(OH)–C–C–N with tert-alkyl or cyclic N) is 1. The summed E-state index contributed by atoms with van der Waals surface area (Å²) in [6.07, 6.45) is 2.95. The molecule has 24 heavy (non-hydrogen) atoms. The second-order valence-electron chi connectivity index (χ2n) is 7.15. The van der Waals surface area contributed by atoms with Crippen LogP contribution < -0.4 is 5.32 Å². The molecule has 0 aromatic carbocycles. The van der Waals surface area contributed by atoms with Gasteiger partial charge < -0.3 is 15.3 Å². The number of piperidine rings is 1. The zero-order valence-corrected chi connectivity index (χ0v) is 15.0. The van der Waals surface area contributed by atoms with Crippen molar-refractivity contribution in [2.45, 2.75) is 52.1 Å². The number of hydrogen-bond donors (Lipinski definition) is 2.